The lowest BCUT2D eigenvalue weighted by Gasteiger charge is -2.23. The van der Waals surface area contributed by atoms with Crippen LogP contribution in [-0.2, 0) is 6.54 Å². The third-order valence-corrected chi connectivity index (χ3v) is 2.90. The number of hydrogen-bond acceptors (Lipinski definition) is 4. The first-order valence-corrected chi connectivity index (χ1v) is 6.87. The summed E-state index contributed by atoms with van der Waals surface area (Å²) in [6.07, 6.45) is 4.89. The second-order valence-electron chi connectivity index (χ2n) is 5.73. The van der Waals surface area contributed by atoms with E-state index in [1.165, 1.54) is 0 Å². The van der Waals surface area contributed by atoms with E-state index in [1.807, 2.05) is 6.92 Å². The molecule has 0 fully saturated rings. The fourth-order valence-electron chi connectivity index (χ4n) is 2.01. The van der Waals surface area contributed by atoms with Crippen molar-refractivity contribution >= 4 is 5.82 Å². The highest BCUT2D eigenvalue weighted by molar-refractivity contribution is 5.31. The molecular formula is C14H25N3O2. The molecule has 19 heavy (non-hydrogen) atoms. The van der Waals surface area contributed by atoms with Crippen molar-refractivity contribution < 1.29 is 5.11 Å². The molecule has 0 spiro atoms. The summed E-state index contributed by atoms with van der Waals surface area (Å²) < 4.78 is 1.65. The fraction of sp³-hybridized carbons (Fsp3) is 0.714. The lowest BCUT2D eigenvalue weighted by Crippen LogP contribution is -2.36. The highest BCUT2D eigenvalue weighted by Gasteiger charge is 2.19. The minimum absolute atomic E-state index is 0.136. The Morgan fingerprint density at radius 3 is 2.79 bits per heavy atom. The first-order chi connectivity index (χ1) is 8.85. The molecule has 1 atom stereocenters. The Morgan fingerprint density at radius 2 is 2.21 bits per heavy atom. The van der Waals surface area contributed by atoms with E-state index < -0.39 is 5.60 Å². The minimum atomic E-state index is -0.818. The zero-order chi connectivity index (χ0) is 14.5. The average molecular weight is 267 g/mol. The van der Waals surface area contributed by atoms with Crippen LogP contribution in [-0.4, -0.2) is 26.8 Å². The molecule has 1 rings (SSSR count). The summed E-state index contributed by atoms with van der Waals surface area (Å²) in [4.78, 5) is 16.2. The van der Waals surface area contributed by atoms with Gasteiger partial charge in [0.2, 0.25) is 0 Å². The minimum Gasteiger partial charge on any atom is -0.388 e. The van der Waals surface area contributed by atoms with Crippen molar-refractivity contribution in [1.29, 1.82) is 0 Å². The Hall–Kier alpha value is -1.36. The number of hydrogen-bond donors (Lipinski definition) is 2. The third-order valence-electron chi connectivity index (χ3n) is 2.90. The molecule has 1 unspecified atom stereocenters. The lowest BCUT2D eigenvalue weighted by molar-refractivity contribution is 0.0635. The molecule has 0 aliphatic heterocycles. The maximum atomic E-state index is 12.1. The molecular weight excluding hydrogens is 242 g/mol. The van der Waals surface area contributed by atoms with Gasteiger partial charge in [0.1, 0.15) is 0 Å². The van der Waals surface area contributed by atoms with Crippen molar-refractivity contribution in [3.63, 3.8) is 0 Å². The van der Waals surface area contributed by atoms with Gasteiger partial charge in [0.25, 0.3) is 5.56 Å². The summed E-state index contributed by atoms with van der Waals surface area (Å²) in [5.41, 5.74) is -0.954. The highest BCUT2D eigenvalue weighted by atomic mass is 16.3. The molecule has 0 amide bonds. The molecule has 108 valence electrons. The van der Waals surface area contributed by atoms with E-state index >= 15 is 0 Å². The molecule has 0 aromatic carbocycles. The molecule has 0 bridgehead atoms. The first kappa shape index (κ1) is 15.7. The van der Waals surface area contributed by atoms with Crippen molar-refractivity contribution in [3.05, 3.63) is 22.7 Å². The molecule has 2 N–H and O–H groups in total. The monoisotopic (exact) mass is 267 g/mol. The zero-order valence-corrected chi connectivity index (χ0v) is 12.3. The highest BCUT2D eigenvalue weighted by Crippen LogP contribution is 2.11. The van der Waals surface area contributed by atoms with E-state index in [1.54, 1.807) is 23.9 Å². The smallest absolute Gasteiger partial charge is 0.293 e. The normalized spacial score (nSPS) is 14.4. The molecule has 5 nitrogen and oxygen atoms in total. The van der Waals surface area contributed by atoms with Crippen LogP contribution in [0.5, 0.6) is 0 Å². The lowest BCUT2D eigenvalue weighted by atomic mass is 10.0. The molecule has 0 saturated carbocycles. The molecule has 0 radical (unpaired) electrons. The second kappa shape index (κ2) is 6.70. The predicted molar refractivity (Wildman–Crippen MR) is 77.4 cm³/mol. The van der Waals surface area contributed by atoms with E-state index in [2.05, 4.69) is 24.1 Å². The van der Waals surface area contributed by atoms with Crippen LogP contribution in [0, 0.1) is 5.92 Å². The van der Waals surface area contributed by atoms with Gasteiger partial charge in [0, 0.05) is 25.5 Å². The Balaban J connectivity index is 2.77. The molecule has 1 heterocycles. The average Bonchev–Trinajstić information content (AvgIpc) is 2.29. The Morgan fingerprint density at radius 1 is 1.53 bits per heavy atom. The van der Waals surface area contributed by atoms with Crippen LogP contribution in [0.4, 0.5) is 5.82 Å². The summed E-state index contributed by atoms with van der Waals surface area (Å²) in [5.74, 6) is 0.704. The van der Waals surface area contributed by atoms with Crippen LogP contribution in [0.3, 0.4) is 0 Å². The van der Waals surface area contributed by atoms with Crippen LogP contribution in [0.1, 0.15) is 40.5 Å². The second-order valence-corrected chi connectivity index (χ2v) is 5.73. The summed E-state index contributed by atoms with van der Waals surface area (Å²) in [5, 5.41) is 13.0. The summed E-state index contributed by atoms with van der Waals surface area (Å²) >= 11 is 0. The van der Waals surface area contributed by atoms with Gasteiger partial charge in [-0.05, 0) is 19.3 Å². The van der Waals surface area contributed by atoms with E-state index in [-0.39, 0.29) is 5.56 Å². The molecule has 1 aromatic rings. The van der Waals surface area contributed by atoms with Crippen molar-refractivity contribution in [2.45, 2.75) is 52.7 Å². The van der Waals surface area contributed by atoms with Crippen LogP contribution < -0.4 is 10.9 Å². The summed E-state index contributed by atoms with van der Waals surface area (Å²) in [7, 11) is 0. The van der Waals surface area contributed by atoms with Gasteiger partial charge < -0.3 is 15.0 Å². The van der Waals surface area contributed by atoms with E-state index in [4.69, 9.17) is 0 Å². The van der Waals surface area contributed by atoms with E-state index in [0.29, 0.717) is 31.2 Å². The van der Waals surface area contributed by atoms with Gasteiger partial charge in [0.15, 0.2) is 5.82 Å². The van der Waals surface area contributed by atoms with Crippen LogP contribution in [0.2, 0.25) is 0 Å². The first-order valence-electron chi connectivity index (χ1n) is 6.87. The van der Waals surface area contributed by atoms with Crippen LogP contribution in [0.15, 0.2) is 17.2 Å². The Bertz CT molecular complexity index is 452. The zero-order valence-electron chi connectivity index (χ0n) is 12.3. The largest absolute Gasteiger partial charge is 0.388 e. The van der Waals surface area contributed by atoms with Gasteiger partial charge in [-0.2, -0.15) is 0 Å². The number of nitrogens with zero attached hydrogens (tertiary/aromatic N) is 2. The van der Waals surface area contributed by atoms with Gasteiger partial charge in [-0.3, -0.25) is 4.79 Å². The summed E-state index contributed by atoms with van der Waals surface area (Å²) in [6.45, 7) is 8.90. The van der Waals surface area contributed by atoms with Crippen molar-refractivity contribution in [1.82, 2.24) is 9.55 Å². The number of aliphatic hydroxyl groups is 1. The molecule has 0 aliphatic carbocycles. The van der Waals surface area contributed by atoms with Crippen LogP contribution >= 0.6 is 0 Å². The topological polar surface area (TPSA) is 67.2 Å². The maximum Gasteiger partial charge on any atom is 0.293 e. The third kappa shape index (κ3) is 5.03. The van der Waals surface area contributed by atoms with Gasteiger partial charge >= 0.3 is 0 Å². The molecule has 5 heteroatoms. The number of nitrogens with one attached hydrogen (secondary N) is 1. The fourth-order valence-corrected chi connectivity index (χ4v) is 2.01. The molecule has 0 saturated heterocycles. The maximum absolute atomic E-state index is 12.1. The van der Waals surface area contributed by atoms with Crippen molar-refractivity contribution in [2.24, 2.45) is 5.92 Å². The van der Waals surface area contributed by atoms with Gasteiger partial charge in [-0.25, -0.2) is 4.98 Å². The van der Waals surface area contributed by atoms with Crippen molar-refractivity contribution in [2.75, 3.05) is 11.9 Å². The molecule has 0 aliphatic rings. The van der Waals surface area contributed by atoms with Gasteiger partial charge in [-0.1, -0.05) is 27.2 Å². The van der Waals surface area contributed by atoms with Gasteiger partial charge in [0.05, 0.1) is 5.60 Å². The Kier molecular flexibility index (Phi) is 5.54. The number of rotatable bonds is 7. The van der Waals surface area contributed by atoms with E-state index in [0.717, 1.165) is 6.42 Å². The van der Waals surface area contributed by atoms with E-state index in [9.17, 15) is 9.90 Å². The molecule has 1 aromatic heterocycles. The van der Waals surface area contributed by atoms with Crippen LogP contribution in [0.25, 0.3) is 0 Å². The quantitative estimate of drug-likeness (QED) is 0.791. The number of anilines is 1. The summed E-state index contributed by atoms with van der Waals surface area (Å²) in [6, 6.07) is 0. The SMILES string of the molecule is CCCC(C)(O)CNc1nccn(CC(C)C)c1=O. The van der Waals surface area contributed by atoms with Crippen molar-refractivity contribution in [3.8, 4) is 0 Å². The van der Waals surface area contributed by atoms with Gasteiger partial charge in [-0.15, -0.1) is 0 Å². The standard InChI is InChI=1S/C14H25N3O2/c1-5-6-14(4,19)10-16-12-13(18)17(8-7-15-12)9-11(2)3/h7-8,11,19H,5-6,9-10H2,1-4H3,(H,15,16). The predicted octanol–water partition coefficient (Wildman–Crippen LogP) is 1.86. The number of aromatic nitrogens is 2. The Labute approximate surface area is 114 Å².